The van der Waals surface area contributed by atoms with Crippen LogP contribution in [0.25, 0.3) is 0 Å². The summed E-state index contributed by atoms with van der Waals surface area (Å²) in [5.74, 6) is 0. The molecule has 20 heavy (non-hydrogen) atoms. The molecular formula is C13H21ClN2O4. The number of aryl methyl sites for hydroxylation is 1. The van der Waals surface area contributed by atoms with Gasteiger partial charge in [-0.3, -0.25) is 10.1 Å². The molecule has 1 aromatic rings. The van der Waals surface area contributed by atoms with Crippen LogP contribution >= 0.6 is 0 Å². The highest BCUT2D eigenvalue weighted by molar-refractivity contribution is 5.44. The second kappa shape index (κ2) is 8.16. The van der Waals surface area contributed by atoms with Crippen LogP contribution in [0.1, 0.15) is 11.1 Å². The normalized spacial score (nSPS) is 11.0. The van der Waals surface area contributed by atoms with Crippen LogP contribution in [0.2, 0.25) is 0 Å². The lowest BCUT2D eigenvalue weighted by atomic mass is 10.1. The van der Waals surface area contributed by atoms with Crippen LogP contribution in [-0.4, -0.2) is 53.0 Å². The Morgan fingerprint density at radius 3 is 2.25 bits per heavy atom. The summed E-state index contributed by atoms with van der Waals surface area (Å²) in [6.07, 6.45) is 0. The average molecular weight is 305 g/mol. The summed E-state index contributed by atoms with van der Waals surface area (Å²) >= 11 is 0. The fraction of sp³-hybridized carbons (Fsp3) is 0.538. The van der Waals surface area contributed by atoms with Crippen molar-refractivity contribution in [1.29, 1.82) is 0 Å². The van der Waals surface area contributed by atoms with E-state index in [-0.39, 0.29) is 36.2 Å². The number of aliphatic hydroxyl groups is 2. The first-order valence-electron chi connectivity index (χ1n) is 6.21. The molecule has 0 spiro atoms. The van der Waals surface area contributed by atoms with Gasteiger partial charge in [-0.25, -0.2) is 0 Å². The summed E-state index contributed by atoms with van der Waals surface area (Å²) in [5, 5.41) is 29.3. The van der Waals surface area contributed by atoms with Gasteiger partial charge in [0.15, 0.2) is 0 Å². The first kappa shape index (κ1) is 18.8. The molecule has 0 fully saturated rings. The Kier molecular flexibility index (Phi) is 7.67. The van der Waals surface area contributed by atoms with E-state index in [9.17, 15) is 10.1 Å². The summed E-state index contributed by atoms with van der Waals surface area (Å²) in [7, 11) is 1.88. The molecule has 7 heteroatoms. The summed E-state index contributed by atoms with van der Waals surface area (Å²) in [6, 6.07) is 4.99. The van der Waals surface area contributed by atoms with E-state index in [1.165, 1.54) is 6.07 Å². The van der Waals surface area contributed by atoms with E-state index in [2.05, 4.69) is 0 Å². The van der Waals surface area contributed by atoms with E-state index in [1.54, 1.807) is 6.07 Å². The Morgan fingerprint density at radius 1 is 1.25 bits per heavy atom. The van der Waals surface area contributed by atoms with Gasteiger partial charge >= 0.3 is 0 Å². The van der Waals surface area contributed by atoms with E-state index in [1.807, 2.05) is 20.0 Å². The molecule has 6 nitrogen and oxygen atoms in total. The zero-order chi connectivity index (χ0) is 14.5. The molecule has 0 amide bonds. The van der Waals surface area contributed by atoms with Crippen LogP contribution in [-0.2, 0) is 6.54 Å². The number of benzene rings is 1. The highest BCUT2D eigenvalue weighted by Crippen LogP contribution is 2.25. The highest BCUT2D eigenvalue weighted by Gasteiger charge is 2.27. The van der Waals surface area contributed by atoms with Gasteiger partial charge in [-0.2, -0.15) is 0 Å². The van der Waals surface area contributed by atoms with E-state index in [0.29, 0.717) is 29.7 Å². The Hall–Kier alpha value is -1.21. The lowest BCUT2D eigenvalue weighted by molar-refractivity contribution is -0.923. The molecule has 0 heterocycles. The summed E-state index contributed by atoms with van der Waals surface area (Å²) in [4.78, 5) is 10.7. The van der Waals surface area contributed by atoms with Crippen molar-refractivity contribution in [2.75, 3.05) is 33.4 Å². The summed E-state index contributed by atoms with van der Waals surface area (Å²) < 4.78 is 0.374. The molecule has 0 aliphatic carbocycles. The number of nitrogens with zero attached hydrogens (tertiary/aromatic N) is 2. The van der Waals surface area contributed by atoms with Gasteiger partial charge in [0.25, 0.3) is 5.69 Å². The van der Waals surface area contributed by atoms with Crippen LogP contribution in [0.3, 0.4) is 0 Å². The van der Waals surface area contributed by atoms with E-state index < -0.39 is 0 Å². The van der Waals surface area contributed by atoms with Crippen LogP contribution < -0.4 is 12.4 Å². The number of halogens is 1. The van der Waals surface area contributed by atoms with Gasteiger partial charge in [0.2, 0.25) is 0 Å². The van der Waals surface area contributed by atoms with E-state index in [0.717, 1.165) is 5.56 Å². The SMILES string of the molecule is Cc1cccc([N+](=O)[O-])c1C[N+](C)(CCO)CCO.[Cl-]. The van der Waals surface area contributed by atoms with E-state index in [4.69, 9.17) is 10.2 Å². The molecule has 0 aliphatic rings. The number of aliphatic hydroxyl groups excluding tert-OH is 2. The van der Waals surface area contributed by atoms with Gasteiger partial charge in [0.05, 0.1) is 30.7 Å². The molecule has 114 valence electrons. The number of quaternary nitrogens is 1. The summed E-state index contributed by atoms with van der Waals surface area (Å²) in [5.41, 5.74) is 1.62. The third-order valence-electron chi connectivity index (χ3n) is 3.40. The van der Waals surface area contributed by atoms with Crippen LogP contribution in [0.15, 0.2) is 18.2 Å². The fourth-order valence-electron chi connectivity index (χ4n) is 2.20. The topological polar surface area (TPSA) is 83.6 Å². The number of hydrogen-bond acceptors (Lipinski definition) is 4. The predicted molar refractivity (Wildman–Crippen MR) is 71.6 cm³/mol. The lowest BCUT2D eigenvalue weighted by Crippen LogP contribution is -3.00. The number of likely N-dealkylation sites (N-methyl/N-ethyl adjacent to an activating group) is 1. The van der Waals surface area contributed by atoms with Gasteiger partial charge in [0.1, 0.15) is 19.6 Å². The molecule has 2 N–H and O–H groups in total. The van der Waals surface area contributed by atoms with Gasteiger partial charge in [-0.15, -0.1) is 0 Å². The molecule has 0 atom stereocenters. The highest BCUT2D eigenvalue weighted by atomic mass is 35.5. The maximum Gasteiger partial charge on any atom is 0.278 e. The molecule has 0 aromatic heterocycles. The molecule has 1 aromatic carbocycles. The van der Waals surface area contributed by atoms with E-state index >= 15 is 0 Å². The average Bonchev–Trinajstić information content (AvgIpc) is 2.32. The van der Waals surface area contributed by atoms with Gasteiger partial charge in [-0.1, -0.05) is 12.1 Å². The minimum atomic E-state index is -0.384. The molecule has 0 saturated heterocycles. The number of rotatable bonds is 7. The zero-order valence-electron chi connectivity index (χ0n) is 11.8. The van der Waals surface area contributed by atoms with Crippen molar-refractivity contribution in [3.8, 4) is 0 Å². The Labute approximate surface area is 124 Å². The van der Waals surface area contributed by atoms with Gasteiger partial charge in [0, 0.05) is 6.07 Å². The quantitative estimate of drug-likeness (QED) is 0.341. The van der Waals surface area contributed by atoms with Crippen molar-refractivity contribution < 1.29 is 32.0 Å². The molecular weight excluding hydrogens is 284 g/mol. The fourth-order valence-corrected chi connectivity index (χ4v) is 2.20. The molecule has 1 rings (SSSR count). The molecule has 0 bridgehead atoms. The Morgan fingerprint density at radius 2 is 1.80 bits per heavy atom. The second-order valence-corrected chi connectivity index (χ2v) is 5.00. The van der Waals surface area contributed by atoms with Crippen molar-refractivity contribution >= 4 is 5.69 Å². The third-order valence-corrected chi connectivity index (χ3v) is 3.40. The van der Waals surface area contributed by atoms with Crippen molar-refractivity contribution in [2.45, 2.75) is 13.5 Å². The molecule has 0 radical (unpaired) electrons. The van der Waals surface area contributed by atoms with Gasteiger partial charge in [-0.05, 0) is 12.5 Å². The minimum absolute atomic E-state index is 0. The number of hydrogen-bond donors (Lipinski definition) is 2. The predicted octanol–water partition coefficient (Wildman–Crippen LogP) is -2.16. The zero-order valence-corrected chi connectivity index (χ0v) is 12.5. The smallest absolute Gasteiger partial charge is 0.278 e. The first-order chi connectivity index (χ1) is 8.93. The monoisotopic (exact) mass is 304 g/mol. The lowest BCUT2D eigenvalue weighted by Gasteiger charge is -2.33. The summed E-state index contributed by atoms with van der Waals surface area (Å²) in [6.45, 7) is 3.12. The Balaban J connectivity index is 0.00000361. The molecule has 0 unspecified atom stereocenters. The molecule has 0 aliphatic heterocycles. The van der Waals surface area contributed by atoms with Crippen molar-refractivity contribution in [2.24, 2.45) is 0 Å². The van der Waals surface area contributed by atoms with Crippen LogP contribution in [0.5, 0.6) is 0 Å². The van der Waals surface area contributed by atoms with Gasteiger partial charge < -0.3 is 27.1 Å². The molecule has 0 saturated carbocycles. The van der Waals surface area contributed by atoms with Crippen molar-refractivity contribution in [3.05, 3.63) is 39.4 Å². The second-order valence-electron chi connectivity index (χ2n) is 5.00. The standard InChI is InChI=1S/C13H21N2O4.ClH/c1-11-4-3-5-13(14(18)19)12(11)10-15(2,6-8-16)7-9-17;/h3-5,16-17H,6-10H2,1-2H3;1H/q+1;/p-1. The number of nitro groups is 1. The third kappa shape index (κ3) is 4.72. The minimum Gasteiger partial charge on any atom is -1.00 e. The maximum absolute atomic E-state index is 11.1. The first-order valence-corrected chi connectivity index (χ1v) is 6.21. The number of nitro benzene ring substituents is 1. The Bertz CT molecular complexity index is 448. The maximum atomic E-state index is 11.1. The van der Waals surface area contributed by atoms with Crippen molar-refractivity contribution in [1.82, 2.24) is 0 Å². The van der Waals surface area contributed by atoms with Crippen molar-refractivity contribution in [3.63, 3.8) is 0 Å². The largest absolute Gasteiger partial charge is 1.00 e. The van der Waals surface area contributed by atoms with Crippen LogP contribution in [0, 0.1) is 17.0 Å². The van der Waals surface area contributed by atoms with Crippen LogP contribution in [0.4, 0.5) is 5.69 Å².